The Morgan fingerprint density at radius 2 is 1.91 bits per heavy atom. The van der Waals surface area contributed by atoms with E-state index in [0.717, 1.165) is 23.4 Å². The summed E-state index contributed by atoms with van der Waals surface area (Å²) < 4.78 is 38.8. The number of anilines is 3. The fourth-order valence-corrected chi connectivity index (χ4v) is 3.42. The lowest BCUT2D eigenvalue weighted by Crippen LogP contribution is -2.14. The SMILES string of the molecule is O=C(Nc1ccc(Cl)c(CCc2cc(Nc3cnccn3)[nH]n2)c1)c1cccc(C(F)(F)F)c1. The molecule has 4 aromatic rings. The van der Waals surface area contributed by atoms with Crippen molar-refractivity contribution in [2.24, 2.45) is 0 Å². The highest BCUT2D eigenvalue weighted by Crippen LogP contribution is 2.30. The Bertz CT molecular complexity index is 1290. The fraction of sp³-hybridized carbons (Fsp3) is 0.130. The number of rotatable bonds is 7. The summed E-state index contributed by atoms with van der Waals surface area (Å²) in [5.74, 6) is 0.583. The molecule has 0 aliphatic carbocycles. The second kappa shape index (κ2) is 9.92. The lowest BCUT2D eigenvalue weighted by atomic mass is 10.1. The number of hydrogen-bond acceptors (Lipinski definition) is 5. The number of aromatic nitrogens is 4. The van der Waals surface area contributed by atoms with E-state index in [0.29, 0.717) is 35.2 Å². The summed E-state index contributed by atoms with van der Waals surface area (Å²) in [6.45, 7) is 0. The largest absolute Gasteiger partial charge is 0.416 e. The zero-order valence-corrected chi connectivity index (χ0v) is 18.3. The van der Waals surface area contributed by atoms with Crippen molar-refractivity contribution in [1.82, 2.24) is 20.2 Å². The van der Waals surface area contributed by atoms with E-state index in [4.69, 9.17) is 11.6 Å². The molecule has 0 aliphatic rings. The number of carbonyl (C=O) groups excluding carboxylic acids is 1. The van der Waals surface area contributed by atoms with Crippen molar-refractivity contribution in [3.8, 4) is 0 Å². The van der Waals surface area contributed by atoms with Gasteiger partial charge in [0, 0.05) is 34.7 Å². The molecular formula is C23H18ClF3N6O. The lowest BCUT2D eigenvalue weighted by Gasteiger charge is -2.11. The maximum atomic E-state index is 12.9. The van der Waals surface area contributed by atoms with Crippen LogP contribution >= 0.6 is 11.6 Å². The second-order valence-corrected chi connectivity index (χ2v) is 7.73. The lowest BCUT2D eigenvalue weighted by molar-refractivity contribution is -0.137. The van der Waals surface area contributed by atoms with Gasteiger partial charge in [-0.15, -0.1) is 0 Å². The molecule has 0 atom stereocenters. The first kappa shape index (κ1) is 23.2. The molecule has 174 valence electrons. The maximum Gasteiger partial charge on any atom is 0.416 e. The molecule has 0 unspecified atom stereocenters. The number of aromatic amines is 1. The topological polar surface area (TPSA) is 95.6 Å². The Balaban J connectivity index is 1.40. The normalized spacial score (nSPS) is 11.3. The Hall–Kier alpha value is -3.92. The van der Waals surface area contributed by atoms with Crippen LogP contribution in [0.2, 0.25) is 5.02 Å². The number of H-pyrrole nitrogens is 1. The van der Waals surface area contributed by atoms with Crippen molar-refractivity contribution in [3.05, 3.63) is 94.5 Å². The number of amides is 1. The van der Waals surface area contributed by atoms with E-state index >= 15 is 0 Å². The van der Waals surface area contributed by atoms with Crippen LogP contribution in [0.25, 0.3) is 0 Å². The van der Waals surface area contributed by atoms with Gasteiger partial charge in [0.25, 0.3) is 5.91 Å². The molecule has 0 saturated heterocycles. The first-order chi connectivity index (χ1) is 16.3. The average molecular weight is 487 g/mol. The van der Waals surface area contributed by atoms with Crippen LogP contribution in [0.15, 0.2) is 67.1 Å². The molecule has 0 saturated carbocycles. The van der Waals surface area contributed by atoms with Crippen molar-refractivity contribution in [1.29, 1.82) is 0 Å². The van der Waals surface area contributed by atoms with Gasteiger partial charge in [-0.2, -0.15) is 18.3 Å². The molecule has 2 heterocycles. The van der Waals surface area contributed by atoms with Gasteiger partial charge in [0.2, 0.25) is 0 Å². The minimum atomic E-state index is -4.53. The monoisotopic (exact) mass is 486 g/mol. The van der Waals surface area contributed by atoms with Gasteiger partial charge in [-0.05, 0) is 54.8 Å². The van der Waals surface area contributed by atoms with Crippen LogP contribution in [-0.4, -0.2) is 26.1 Å². The minimum Gasteiger partial charge on any atom is -0.324 e. The molecule has 11 heteroatoms. The molecule has 34 heavy (non-hydrogen) atoms. The molecular weight excluding hydrogens is 469 g/mol. The first-order valence-electron chi connectivity index (χ1n) is 10.1. The van der Waals surface area contributed by atoms with E-state index < -0.39 is 17.6 Å². The molecule has 0 fully saturated rings. The molecule has 0 aliphatic heterocycles. The number of halogens is 4. The predicted octanol–water partition coefficient (Wildman–Crippen LogP) is 5.65. The molecule has 2 aromatic carbocycles. The van der Waals surface area contributed by atoms with E-state index in [-0.39, 0.29) is 5.56 Å². The van der Waals surface area contributed by atoms with Crippen molar-refractivity contribution in [2.75, 3.05) is 10.6 Å². The number of aryl methyl sites for hydroxylation is 2. The third-order valence-corrected chi connectivity index (χ3v) is 5.23. The maximum absolute atomic E-state index is 12.9. The number of carbonyl (C=O) groups is 1. The van der Waals surface area contributed by atoms with Gasteiger partial charge in [0.15, 0.2) is 0 Å². The minimum absolute atomic E-state index is 0.0917. The van der Waals surface area contributed by atoms with Crippen LogP contribution in [0.1, 0.15) is 27.2 Å². The zero-order valence-electron chi connectivity index (χ0n) is 17.5. The summed E-state index contributed by atoms with van der Waals surface area (Å²) in [5.41, 5.74) is 0.986. The number of hydrogen-bond donors (Lipinski definition) is 3. The van der Waals surface area contributed by atoms with E-state index in [1.54, 1.807) is 36.8 Å². The number of nitrogens with zero attached hydrogens (tertiary/aromatic N) is 3. The van der Waals surface area contributed by atoms with Gasteiger partial charge in [0.1, 0.15) is 11.6 Å². The van der Waals surface area contributed by atoms with E-state index in [9.17, 15) is 18.0 Å². The molecule has 0 spiro atoms. The third kappa shape index (κ3) is 5.90. The van der Waals surface area contributed by atoms with Crippen LogP contribution in [0.3, 0.4) is 0 Å². The molecule has 7 nitrogen and oxygen atoms in total. The molecule has 4 rings (SSSR count). The number of alkyl halides is 3. The van der Waals surface area contributed by atoms with Crippen LogP contribution in [0.5, 0.6) is 0 Å². The average Bonchev–Trinajstić information content (AvgIpc) is 3.26. The standard InChI is InChI=1S/C23H18ClF3N6O/c24-19-7-6-17(30-22(34)15-2-1-3-16(10-15)23(25,26)27)11-14(19)4-5-18-12-20(33-32-18)31-21-13-28-8-9-29-21/h1-3,6-13H,4-5H2,(H,30,34)(H2,29,31,32,33). The van der Waals surface area contributed by atoms with Crippen LogP contribution in [0.4, 0.5) is 30.5 Å². The van der Waals surface area contributed by atoms with Crippen molar-refractivity contribution in [2.45, 2.75) is 19.0 Å². The highest BCUT2D eigenvalue weighted by molar-refractivity contribution is 6.31. The second-order valence-electron chi connectivity index (χ2n) is 7.33. The summed E-state index contributed by atoms with van der Waals surface area (Å²) in [6.07, 6.45) is 1.29. The highest BCUT2D eigenvalue weighted by Gasteiger charge is 2.30. The smallest absolute Gasteiger partial charge is 0.324 e. The van der Waals surface area contributed by atoms with E-state index in [1.165, 1.54) is 12.1 Å². The summed E-state index contributed by atoms with van der Waals surface area (Å²) >= 11 is 6.31. The summed E-state index contributed by atoms with van der Waals surface area (Å²) in [7, 11) is 0. The number of benzene rings is 2. The van der Waals surface area contributed by atoms with Crippen LogP contribution in [0, 0.1) is 0 Å². The van der Waals surface area contributed by atoms with E-state index in [1.807, 2.05) is 6.07 Å². The first-order valence-corrected chi connectivity index (χ1v) is 10.5. The number of nitrogens with one attached hydrogen (secondary N) is 3. The molecule has 0 bridgehead atoms. The van der Waals surface area contributed by atoms with Gasteiger partial charge in [-0.3, -0.25) is 14.9 Å². The van der Waals surface area contributed by atoms with Gasteiger partial charge in [0.05, 0.1) is 17.5 Å². The van der Waals surface area contributed by atoms with Crippen LogP contribution < -0.4 is 10.6 Å². The zero-order chi connectivity index (χ0) is 24.1. The Labute approximate surface area is 197 Å². The summed E-state index contributed by atoms with van der Waals surface area (Å²) in [5, 5.41) is 13.3. The van der Waals surface area contributed by atoms with Gasteiger partial charge in [-0.1, -0.05) is 17.7 Å². The Morgan fingerprint density at radius 3 is 2.68 bits per heavy atom. The highest BCUT2D eigenvalue weighted by atomic mass is 35.5. The summed E-state index contributed by atoms with van der Waals surface area (Å²) in [6, 6.07) is 11.0. The van der Waals surface area contributed by atoms with E-state index in [2.05, 4.69) is 30.8 Å². The summed E-state index contributed by atoms with van der Waals surface area (Å²) in [4.78, 5) is 20.6. The Kier molecular flexibility index (Phi) is 6.78. The Morgan fingerprint density at radius 1 is 1.06 bits per heavy atom. The fourth-order valence-electron chi connectivity index (χ4n) is 3.20. The quantitative estimate of drug-likeness (QED) is 0.313. The third-order valence-electron chi connectivity index (χ3n) is 4.86. The van der Waals surface area contributed by atoms with Crippen molar-refractivity contribution in [3.63, 3.8) is 0 Å². The molecule has 2 aromatic heterocycles. The molecule has 3 N–H and O–H groups in total. The van der Waals surface area contributed by atoms with Crippen LogP contribution in [-0.2, 0) is 19.0 Å². The molecule has 1 amide bonds. The molecule has 0 radical (unpaired) electrons. The van der Waals surface area contributed by atoms with Gasteiger partial charge < -0.3 is 10.6 Å². The van der Waals surface area contributed by atoms with Crippen molar-refractivity contribution >= 4 is 34.8 Å². The predicted molar refractivity (Wildman–Crippen MR) is 122 cm³/mol. The van der Waals surface area contributed by atoms with Gasteiger partial charge in [-0.25, -0.2) is 4.98 Å². The van der Waals surface area contributed by atoms with Gasteiger partial charge >= 0.3 is 6.18 Å². The van der Waals surface area contributed by atoms with Crippen molar-refractivity contribution < 1.29 is 18.0 Å².